The van der Waals surface area contributed by atoms with Crippen LogP contribution in [-0.4, -0.2) is 43.6 Å². The van der Waals surface area contributed by atoms with Crippen molar-refractivity contribution in [2.24, 2.45) is 5.92 Å². The maximum Gasteiger partial charge on any atom is 0.321 e. The first-order valence-corrected chi connectivity index (χ1v) is 12.9. The summed E-state index contributed by atoms with van der Waals surface area (Å²) in [5.74, 6) is 0.650. The number of carbonyl (C=O) groups is 1. The fourth-order valence-corrected chi connectivity index (χ4v) is 4.95. The number of nitrogens with zero attached hydrogens (tertiary/aromatic N) is 2. The lowest BCUT2D eigenvalue weighted by Crippen LogP contribution is -2.34. The van der Waals surface area contributed by atoms with Gasteiger partial charge in [-0.25, -0.2) is 8.42 Å². The van der Waals surface area contributed by atoms with Gasteiger partial charge in [0.05, 0.1) is 19.1 Å². The van der Waals surface area contributed by atoms with Gasteiger partial charge in [0.25, 0.3) is 10.0 Å². The Morgan fingerprint density at radius 3 is 2.44 bits per heavy atom. The molecule has 1 aromatic heterocycles. The van der Waals surface area contributed by atoms with E-state index in [1.165, 1.54) is 64.5 Å². The van der Waals surface area contributed by atoms with Crippen molar-refractivity contribution in [1.29, 1.82) is 0 Å². The van der Waals surface area contributed by atoms with Gasteiger partial charge in [0.2, 0.25) is 11.8 Å². The molecule has 34 heavy (non-hydrogen) atoms. The van der Waals surface area contributed by atoms with Gasteiger partial charge >= 0.3 is 6.01 Å². The summed E-state index contributed by atoms with van der Waals surface area (Å²) in [6, 6.07) is 7.23. The Hall–Kier alpha value is -2.99. The third kappa shape index (κ3) is 7.52. The first-order chi connectivity index (χ1) is 16.3. The number of anilines is 2. The van der Waals surface area contributed by atoms with Crippen molar-refractivity contribution in [3.8, 4) is 11.9 Å². The number of amides is 1. The minimum atomic E-state index is -3.93. The van der Waals surface area contributed by atoms with Crippen LogP contribution < -0.4 is 24.8 Å². The van der Waals surface area contributed by atoms with E-state index in [0.717, 1.165) is 6.42 Å². The summed E-state index contributed by atoms with van der Waals surface area (Å²) < 4.78 is 37.8. The van der Waals surface area contributed by atoms with Crippen molar-refractivity contribution >= 4 is 44.8 Å². The lowest BCUT2D eigenvalue weighted by atomic mass is 9.86. The predicted octanol–water partition coefficient (Wildman–Crippen LogP) is 3.47. The van der Waals surface area contributed by atoms with Gasteiger partial charge in [0.15, 0.2) is 10.9 Å². The minimum absolute atomic E-state index is 0.00279. The van der Waals surface area contributed by atoms with Crippen LogP contribution in [0.3, 0.4) is 0 Å². The average molecular weight is 508 g/mol. The van der Waals surface area contributed by atoms with E-state index in [9.17, 15) is 13.2 Å². The van der Waals surface area contributed by atoms with E-state index < -0.39 is 10.0 Å². The van der Waals surface area contributed by atoms with Crippen molar-refractivity contribution in [1.82, 2.24) is 15.3 Å². The predicted molar refractivity (Wildman–Crippen MR) is 133 cm³/mol. The number of aromatic nitrogens is 2. The van der Waals surface area contributed by atoms with E-state index in [-0.39, 0.29) is 33.6 Å². The Labute approximate surface area is 204 Å². The molecule has 1 amide bonds. The zero-order valence-corrected chi connectivity index (χ0v) is 20.8. The maximum absolute atomic E-state index is 12.7. The first kappa shape index (κ1) is 25.6. The fourth-order valence-electron chi connectivity index (χ4n) is 3.73. The smallest absolute Gasteiger partial charge is 0.321 e. The number of sulfonamides is 1. The molecule has 1 aromatic carbocycles. The summed E-state index contributed by atoms with van der Waals surface area (Å²) in [5.41, 5.74) is 0.543. The number of benzene rings is 1. The van der Waals surface area contributed by atoms with E-state index in [4.69, 9.17) is 21.7 Å². The Kier molecular flexibility index (Phi) is 8.99. The topological polar surface area (TPSA) is 132 Å². The molecule has 10 nitrogen and oxygen atoms in total. The summed E-state index contributed by atoms with van der Waals surface area (Å²) in [7, 11) is -1.17. The molecule has 12 heteroatoms. The quantitative estimate of drug-likeness (QED) is 0.437. The van der Waals surface area contributed by atoms with Gasteiger partial charge in [-0.2, -0.15) is 9.97 Å². The van der Waals surface area contributed by atoms with Gasteiger partial charge in [-0.3, -0.25) is 9.52 Å². The van der Waals surface area contributed by atoms with Crippen LogP contribution in [0.4, 0.5) is 11.5 Å². The second-order valence-corrected chi connectivity index (χ2v) is 10.0. The Bertz CT molecular complexity index is 1080. The molecule has 1 heterocycles. The van der Waals surface area contributed by atoms with Crippen LogP contribution >= 0.6 is 12.2 Å². The molecule has 1 fully saturated rings. The zero-order valence-electron chi connectivity index (χ0n) is 19.2. The molecule has 1 aliphatic carbocycles. The minimum Gasteiger partial charge on any atom is -0.481 e. The second-order valence-electron chi connectivity index (χ2n) is 7.96. The standard InChI is InChI=1S/C22H29N5O5S2/c1-31-20-14-18(24-21(26-20)32-2)27-34(29,30)17-11-9-16(10-12-17)23-22(33)25-19(28)13-8-15-6-4-3-5-7-15/h9-12,14-15H,3-8,13H2,1-2H3,(H,24,26,27)(H2,23,25,28,33). The molecule has 0 saturated heterocycles. The number of hydrogen-bond acceptors (Lipinski definition) is 8. The summed E-state index contributed by atoms with van der Waals surface area (Å²) >= 11 is 5.21. The lowest BCUT2D eigenvalue weighted by molar-refractivity contribution is -0.120. The number of rotatable bonds is 9. The maximum atomic E-state index is 12.7. The Balaban J connectivity index is 1.54. The largest absolute Gasteiger partial charge is 0.481 e. The summed E-state index contributed by atoms with van der Waals surface area (Å²) in [6.07, 6.45) is 7.48. The molecule has 3 rings (SSSR count). The summed E-state index contributed by atoms with van der Waals surface area (Å²) in [4.78, 5) is 20.1. The number of thiocarbonyl (C=S) groups is 1. The molecule has 3 N–H and O–H groups in total. The molecule has 0 radical (unpaired) electrons. The third-order valence-corrected chi connectivity index (χ3v) is 7.07. The number of ether oxygens (including phenoxy) is 2. The van der Waals surface area contributed by atoms with Gasteiger partial charge in [0.1, 0.15) is 0 Å². The number of methoxy groups -OCH3 is 2. The van der Waals surface area contributed by atoms with Crippen LogP contribution in [-0.2, 0) is 14.8 Å². The van der Waals surface area contributed by atoms with E-state index in [2.05, 4.69) is 25.3 Å². The van der Waals surface area contributed by atoms with Crippen molar-refractivity contribution in [3.05, 3.63) is 30.3 Å². The number of hydrogen-bond donors (Lipinski definition) is 3. The fraction of sp³-hybridized carbons (Fsp3) is 0.455. The van der Waals surface area contributed by atoms with Crippen molar-refractivity contribution in [2.45, 2.75) is 49.8 Å². The van der Waals surface area contributed by atoms with E-state index in [0.29, 0.717) is 18.0 Å². The lowest BCUT2D eigenvalue weighted by Gasteiger charge is -2.21. The molecule has 0 spiro atoms. The van der Waals surface area contributed by atoms with Gasteiger partial charge in [0, 0.05) is 18.2 Å². The number of nitrogens with one attached hydrogen (secondary N) is 3. The van der Waals surface area contributed by atoms with Crippen LogP contribution in [0.5, 0.6) is 11.9 Å². The van der Waals surface area contributed by atoms with E-state index in [1.54, 1.807) is 12.1 Å². The molecule has 0 bridgehead atoms. The number of carbonyl (C=O) groups excluding carboxylic acids is 1. The van der Waals surface area contributed by atoms with Crippen LogP contribution in [0.2, 0.25) is 0 Å². The average Bonchev–Trinajstić information content (AvgIpc) is 2.83. The van der Waals surface area contributed by atoms with Gasteiger partial charge in [-0.05, 0) is 48.8 Å². The van der Waals surface area contributed by atoms with Gasteiger partial charge in [-0.15, -0.1) is 0 Å². The van der Waals surface area contributed by atoms with Gasteiger partial charge < -0.3 is 20.1 Å². The Morgan fingerprint density at radius 1 is 1.09 bits per heavy atom. The van der Waals surface area contributed by atoms with Crippen molar-refractivity contribution < 1.29 is 22.7 Å². The van der Waals surface area contributed by atoms with E-state index in [1.807, 2.05) is 0 Å². The monoisotopic (exact) mass is 507 g/mol. The van der Waals surface area contributed by atoms with Crippen molar-refractivity contribution in [3.63, 3.8) is 0 Å². The molecular formula is C22H29N5O5S2. The summed E-state index contributed by atoms with van der Waals surface area (Å²) in [5, 5.41) is 5.75. The molecule has 0 aliphatic heterocycles. The molecule has 1 aliphatic rings. The van der Waals surface area contributed by atoms with Crippen molar-refractivity contribution in [2.75, 3.05) is 24.3 Å². The molecule has 184 valence electrons. The highest BCUT2D eigenvalue weighted by atomic mass is 32.2. The second kappa shape index (κ2) is 11.9. The highest BCUT2D eigenvalue weighted by Crippen LogP contribution is 2.27. The molecule has 0 unspecified atom stereocenters. The van der Waals surface area contributed by atoms with E-state index >= 15 is 0 Å². The molecule has 0 atom stereocenters. The summed E-state index contributed by atoms with van der Waals surface area (Å²) in [6.45, 7) is 0. The Morgan fingerprint density at radius 2 is 1.79 bits per heavy atom. The van der Waals surface area contributed by atoms with Crippen LogP contribution in [0.15, 0.2) is 35.2 Å². The normalized spacial score (nSPS) is 14.2. The highest BCUT2D eigenvalue weighted by molar-refractivity contribution is 7.92. The third-order valence-electron chi connectivity index (χ3n) is 5.49. The van der Waals surface area contributed by atoms with Crippen LogP contribution in [0, 0.1) is 5.92 Å². The van der Waals surface area contributed by atoms with Crippen LogP contribution in [0.1, 0.15) is 44.9 Å². The molecule has 2 aromatic rings. The SMILES string of the molecule is COc1cc(NS(=O)(=O)c2ccc(NC(=S)NC(=O)CCC3CCCCC3)cc2)nc(OC)n1. The zero-order chi connectivity index (χ0) is 24.6. The van der Waals surface area contributed by atoms with Gasteiger partial charge in [-0.1, -0.05) is 32.1 Å². The van der Waals surface area contributed by atoms with Crippen LogP contribution in [0.25, 0.3) is 0 Å². The molecular weight excluding hydrogens is 478 g/mol. The molecule has 1 saturated carbocycles. The highest BCUT2D eigenvalue weighted by Gasteiger charge is 2.18. The first-order valence-electron chi connectivity index (χ1n) is 11.0.